The summed E-state index contributed by atoms with van der Waals surface area (Å²) >= 11 is 0. The van der Waals surface area contributed by atoms with E-state index in [2.05, 4.69) is 47.7 Å². The molecule has 0 aliphatic heterocycles. The lowest BCUT2D eigenvalue weighted by Gasteiger charge is -2.22. The van der Waals surface area contributed by atoms with E-state index >= 15 is 0 Å². The van der Waals surface area contributed by atoms with Crippen LogP contribution in [0.4, 0.5) is 11.4 Å². The van der Waals surface area contributed by atoms with E-state index in [0.717, 1.165) is 25.1 Å². The van der Waals surface area contributed by atoms with Crippen molar-refractivity contribution >= 4 is 17.3 Å². The zero-order valence-electron chi connectivity index (χ0n) is 19.7. The predicted molar refractivity (Wildman–Crippen MR) is 134 cm³/mol. The van der Waals surface area contributed by atoms with Crippen molar-refractivity contribution < 1.29 is 14.6 Å². The number of amides is 1. The predicted octanol–water partition coefficient (Wildman–Crippen LogP) is 3.46. The van der Waals surface area contributed by atoms with Gasteiger partial charge in [-0.3, -0.25) is 15.1 Å². The van der Waals surface area contributed by atoms with Gasteiger partial charge in [-0.15, -0.1) is 0 Å². The molecule has 1 amide bonds. The first kappa shape index (κ1) is 25.9. The number of hydrogen-bond acceptors (Lipinski definition) is 7. The molecule has 5 N–H and O–H groups in total. The third-order valence-electron chi connectivity index (χ3n) is 4.82. The molecule has 0 saturated carbocycles. The molecule has 0 fully saturated rings. The molecule has 8 heteroatoms. The molecule has 33 heavy (non-hydrogen) atoms. The lowest BCUT2D eigenvalue weighted by atomic mass is 10.1. The van der Waals surface area contributed by atoms with Crippen LogP contribution in [0.2, 0.25) is 0 Å². The molecule has 0 bridgehead atoms. The minimum Gasteiger partial charge on any atom is -0.457 e. The third kappa shape index (κ3) is 8.59. The lowest BCUT2D eigenvalue weighted by molar-refractivity contribution is 0.0939. The number of carbonyl (C=O) groups is 1. The molecule has 0 radical (unpaired) electrons. The fourth-order valence-electron chi connectivity index (χ4n) is 3.14. The van der Waals surface area contributed by atoms with Crippen LogP contribution >= 0.6 is 0 Å². The minimum atomic E-state index is -0.374. The fraction of sp³-hybridized carbons (Fsp3) is 0.360. The molecule has 8 nitrogen and oxygen atoms in total. The van der Waals surface area contributed by atoms with E-state index in [1.54, 1.807) is 18.2 Å². The summed E-state index contributed by atoms with van der Waals surface area (Å²) in [5.41, 5.74) is 9.29. The molecular formula is C25H35N5O3. The molecule has 0 saturated heterocycles. The topological polar surface area (TPSA) is 113 Å². The Bertz CT molecular complexity index is 959. The molecule has 2 rings (SSSR count). The van der Waals surface area contributed by atoms with Crippen LogP contribution in [0.15, 0.2) is 60.3 Å². The highest BCUT2D eigenvalue weighted by Crippen LogP contribution is 2.29. The van der Waals surface area contributed by atoms with Crippen molar-refractivity contribution in [3.63, 3.8) is 0 Å². The molecule has 0 atom stereocenters. The molecule has 0 aliphatic rings. The van der Waals surface area contributed by atoms with Crippen LogP contribution in [0.25, 0.3) is 0 Å². The maximum Gasteiger partial charge on any atom is 0.270 e. The van der Waals surface area contributed by atoms with E-state index < -0.39 is 0 Å². The quantitative estimate of drug-likeness (QED) is 0.159. The van der Waals surface area contributed by atoms with E-state index in [1.165, 1.54) is 11.8 Å². The summed E-state index contributed by atoms with van der Waals surface area (Å²) in [6, 6.07) is 8.69. The molecule has 1 heterocycles. The Morgan fingerprint density at radius 1 is 1.24 bits per heavy atom. The zero-order chi connectivity index (χ0) is 24.1. The van der Waals surface area contributed by atoms with E-state index in [0.29, 0.717) is 23.9 Å². The SMILES string of the molecule is CC/C=C(\C=C/CNCN(C)c1ccc(Oc2ccnc(C(=O)NCCO)c2)cc1N)CC. The van der Waals surface area contributed by atoms with Crippen LogP contribution in [-0.4, -0.2) is 49.4 Å². The summed E-state index contributed by atoms with van der Waals surface area (Å²) in [7, 11) is 1.97. The van der Waals surface area contributed by atoms with Gasteiger partial charge >= 0.3 is 0 Å². The van der Waals surface area contributed by atoms with Crippen LogP contribution in [0.5, 0.6) is 11.5 Å². The Morgan fingerprint density at radius 3 is 2.73 bits per heavy atom. The molecule has 0 spiro atoms. The summed E-state index contributed by atoms with van der Waals surface area (Å²) in [5.74, 6) is 0.653. The van der Waals surface area contributed by atoms with Gasteiger partial charge in [-0.25, -0.2) is 0 Å². The van der Waals surface area contributed by atoms with Crippen molar-refractivity contribution in [2.24, 2.45) is 0 Å². The van der Waals surface area contributed by atoms with Gasteiger partial charge in [0, 0.05) is 38.5 Å². The Balaban J connectivity index is 1.93. The number of aliphatic hydroxyl groups is 1. The number of nitrogens with two attached hydrogens (primary N) is 1. The normalized spacial score (nSPS) is 11.6. The van der Waals surface area contributed by atoms with Crippen molar-refractivity contribution in [1.82, 2.24) is 15.6 Å². The number of allylic oxidation sites excluding steroid dienone is 3. The number of aliphatic hydroxyl groups excluding tert-OH is 1. The Hall–Kier alpha value is -3.36. The van der Waals surface area contributed by atoms with Gasteiger partial charge in [0.1, 0.15) is 17.2 Å². The Morgan fingerprint density at radius 2 is 2.03 bits per heavy atom. The highest BCUT2D eigenvalue weighted by atomic mass is 16.5. The van der Waals surface area contributed by atoms with E-state index in [4.69, 9.17) is 15.6 Å². The molecule has 1 aromatic carbocycles. The van der Waals surface area contributed by atoms with Gasteiger partial charge in [0.2, 0.25) is 0 Å². The molecule has 1 aromatic heterocycles. The number of nitrogens with one attached hydrogen (secondary N) is 2. The number of nitrogens with zero attached hydrogens (tertiary/aromatic N) is 2. The Kier molecular flexibility index (Phi) is 10.9. The Labute approximate surface area is 196 Å². The van der Waals surface area contributed by atoms with E-state index in [-0.39, 0.29) is 24.8 Å². The number of pyridine rings is 1. The molecular weight excluding hydrogens is 418 g/mol. The van der Waals surface area contributed by atoms with Gasteiger partial charge in [0.25, 0.3) is 5.91 Å². The van der Waals surface area contributed by atoms with Crippen LogP contribution in [-0.2, 0) is 0 Å². The molecule has 0 unspecified atom stereocenters. The number of anilines is 2. The minimum absolute atomic E-state index is 0.135. The molecule has 178 valence electrons. The average molecular weight is 454 g/mol. The zero-order valence-corrected chi connectivity index (χ0v) is 19.7. The maximum atomic E-state index is 12.0. The number of benzene rings is 1. The van der Waals surface area contributed by atoms with Gasteiger partial charge in [-0.2, -0.15) is 0 Å². The summed E-state index contributed by atoms with van der Waals surface area (Å²) in [6.07, 6.45) is 10.1. The number of rotatable bonds is 13. The van der Waals surface area contributed by atoms with E-state index in [9.17, 15) is 4.79 Å². The van der Waals surface area contributed by atoms with Crippen LogP contribution in [0.3, 0.4) is 0 Å². The number of hydrogen-bond donors (Lipinski definition) is 4. The first-order valence-corrected chi connectivity index (χ1v) is 11.2. The van der Waals surface area contributed by atoms with Gasteiger partial charge in [-0.05, 0) is 31.0 Å². The second-order valence-corrected chi connectivity index (χ2v) is 7.43. The number of carbonyl (C=O) groups excluding carboxylic acids is 1. The second-order valence-electron chi connectivity index (χ2n) is 7.43. The third-order valence-corrected chi connectivity index (χ3v) is 4.82. The smallest absolute Gasteiger partial charge is 0.270 e. The fourth-order valence-corrected chi connectivity index (χ4v) is 3.14. The van der Waals surface area contributed by atoms with Gasteiger partial charge in [-0.1, -0.05) is 37.6 Å². The number of ether oxygens (including phenoxy) is 1. The summed E-state index contributed by atoms with van der Waals surface area (Å²) in [4.78, 5) is 18.1. The molecule has 2 aromatic rings. The standard InChI is InChI=1S/C25H35N5O3/c1-4-7-19(5-2)8-6-12-27-18-30(3)24-10-9-20(16-22(24)26)33-21-11-13-28-23(17-21)25(32)29-14-15-31/h6-11,13,16-17,27,31H,4-5,12,14-15,18,26H2,1-3H3,(H,29,32)/b8-6-,19-7-. The van der Waals surface area contributed by atoms with Crippen molar-refractivity contribution in [2.45, 2.75) is 26.7 Å². The maximum absolute atomic E-state index is 12.0. The average Bonchev–Trinajstić information content (AvgIpc) is 2.81. The van der Waals surface area contributed by atoms with Crippen molar-refractivity contribution in [2.75, 3.05) is 44.0 Å². The van der Waals surface area contributed by atoms with Crippen LogP contribution in [0.1, 0.15) is 37.2 Å². The number of aromatic nitrogens is 1. The van der Waals surface area contributed by atoms with Crippen molar-refractivity contribution in [3.8, 4) is 11.5 Å². The summed E-state index contributed by atoms with van der Waals surface area (Å²) < 4.78 is 5.86. The van der Waals surface area contributed by atoms with Gasteiger partial charge in [0.05, 0.1) is 24.7 Å². The molecule has 0 aliphatic carbocycles. The second kappa shape index (κ2) is 13.9. The lowest BCUT2D eigenvalue weighted by Crippen LogP contribution is -2.31. The van der Waals surface area contributed by atoms with Crippen LogP contribution < -0.4 is 26.0 Å². The van der Waals surface area contributed by atoms with Gasteiger partial charge < -0.3 is 25.8 Å². The van der Waals surface area contributed by atoms with E-state index in [1.807, 2.05) is 24.1 Å². The van der Waals surface area contributed by atoms with Crippen molar-refractivity contribution in [1.29, 1.82) is 0 Å². The first-order chi connectivity index (χ1) is 16.0. The monoisotopic (exact) mass is 453 g/mol. The number of nitrogen functional groups attached to an aromatic ring is 1. The van der Waals surface area contributed by atoms with Crippen LogP contribution in [0, 0.1) is 0 Å². The first-order valence-electron chi connectivity index (χ1n) is 11.2. The van der Waals surface area contributed by atoms with Gasteiger partial charge in [0.15, 0.2) is 0 Å². The summed E-state index contributed by atoms with van der Waals surface area (Å²) in [5, 5.41) is 14.8. The highest BCUT2D eigenvalue weighted by Gasteiger charge is 2.10. The largest absolute Gasteiger partial charge is 0.457 e. The summed E-state index contributed by atoms with van der Waals surface area (Å²) in [6.45, 7) is 5.74. The highest BCUT2D eigenvalue weighted by molar-refractivity contribution is 5.92. The van der Waals surface area contributed by atoms with Crippen molar-refractivity contribution in [3.05, 3.63) is 66.0 Å².